The minimum atomic E-state index is -5.08. The Hall–Kier alpha value is -3.21. The van der Waals surface area contributed by atoms with Gasteiger partial charge in [0.25, 0.3) is 5.97 Å². The molecular formula is C26H43F4N4O10W-. The molecule has 0 radical (unpaired) electrons. The van der Waals surface area contributed by atoms with Gasteiger partial charge in [-0.15, -0.1) is 0 Å². The molecule has 0 aromatic carbocycles. The molecule has 0 aliphatic carbocycles. The standard InChI is InChI=1S/C13H18N3O4.C6H13NO3.C3H5FO.C2HF3O2.C2H6.W/c1-14-9-12(17)19-10-20-13(18)16(2)8-6-11-5-3-4-7-15-11;1-4(2)5(7)6(9)10-3-8;1-3(5)2-4;3-2(4,5)1(6)7;1-2;/h3-5,7H,6,8-10H2,1-2H3;4-5,8H,3,7H2,1-2H3;2H2,1H3;(H,6,7);1-2H3;/q-1;;;;;. The fraction of sp³-hybridized carbons (Fsp3) is 0.615. The number of carbonyl (C=O) groups excluding carboxylic acids is 4. The number of aliphatic hydroxyl groups is 1. The third-order valence-electron chi connectivity index (χ3n) is 4.06. The molecule has 1 rings (SSSR count). The summed E-state index contributed by atoms with van der Waals surface area (Å²) in [4.78, 5) is 57.1. The van der Waals surface area contributed by atoms with Crippen LogP contribution in [0.15, 0.2) is 24.4 Å². The van der Waals surface area contributed by atoms with Gasteiger partial charge in [-0.1, -0.05) is 33.8 Å². The zero-order valence-corrected chi connectivity index (χ0v) is 29.1. The van der Waals surface area contributed by atoms with E-state index in [1.807, 2.05) is 45.9 Å². The van der Waals surface area contributed by atoms with E-state index in [4.69, 9.17) is 25.5 Å². The minimum Gasteiger partial charge on any atom is -0.656 e. The van der Waals surface area contributed by atoms with Crippen molar-refractivity contribution in [2.45, 2.75) is 53.3 Å². The van der Waals surface area contributed by atoms with Gasteiger partial charge in [0.05, 0.1) is 0 Å². The first-order valence-electron chi connectivity index (χ1n) is 12.8. The topological polar surface area (TPSA) is 210 Å². The van der Waals surface area contributed by atoms with Crippen LogP contribution in [0.5, 0.6) is 0 Å². The Bertz CT molecular complexity index is 931. The number of esters is 2. The number of carbonyl (C=O) groups is 5. The van der Waals surface area contributed by atoms with Crippen LogP contribution in [0.3, 0.4) is 0 Å². The molecule has 0 bridgehead atoms. The maximum atomic E-state index is 11.6. The molecule has 4 N–H and O–H groups in total. The van der Waals surface area contributed by atoms with Crippen LogP contribution in [-0.2, 0) is 60.9 Å². The molecule has 0 fully saturated rings. The molecule has 1 unspecified atom stereocenters. The van der Waals surface area contributed by atoms with Gasteiger partial charge >= 0.3 is 24.2 Å². The maximum absolute atomic E-state index is 11.6. The summed E-state index contributed by atoms with van der Waals surface area (Å²) in [5, 5.41) is 18.9. The molecule has 1 heterocycles. The molecule has 0 aliphatic rings. The van der Waals surface area contributed by atoms with Crippen molar-refractivity contribution in [1.82, 2.24) is 9.88 Å². The molecule has 0 spiro atoms. The van der Waals surface area contributed by atoms with Crippen molar-refractivity contribution in [3.8, 4) is 0 Å². The number of Topliss-reactive ketones (excluding diaryl/α,β-unsaturated/α-hetero) is 1. The Morgan fingerprint density at radius 3 is 1.96 bits per heavy atom. The van der Waals surface area contributed by atoms with Crippen molar-refractivity contribution in [1.29, 1.82) is 0 Å². The molecule has 45 heavy (non-hydrogen) atoms. The van der Waals surface area contributed by atoms with Crippen LogP contribution < -0.4 is 5.73 Å². The summed E-state index contributed by atoms with van der Waals surface area (Å²) in [6.45, 7) is 7.41. The summed E-state index contributed by atoms with van der Waals surface area (Å²) in [6, 6.07) is 4.97. The third-order valence-corrected chi connectivity index (χ3v) is 4.06. The van der Waals surface area contributed by atoms with Crippen molar-refractivity contribution in [3.05, 3.63) is 35.4 Å². The molecular weight excluding hydrogens is 788 g/mol. The second kappa shape index (κ2) is 32.2. The molecule has 0 saturated heterocycles. The van der Waals surface area contributed by atoms with E-state index in [1.54, 1.807) is 13.2 Å². The summed E-state index contributed by atoms with van der Waals surface area (Å²) in [7, 11) is 3.10. The van der Waals surface area contributed by atoms with Gasteiger partial charge in [0.1, 0.15) is 12.7 Å². The van der Waals surface area contributed by atoms with E-state index in [1.165, 1.54) is 18.9 Å². The second-order valence-corrected chi connectivity index (χ2v) is 8.01. The van der Waals surface area contributed by atoms with Gasteiger partial charge in [-0.05, 0) is 31.5 Å². The number of hydrogen-bond donors (Lipinski definition) is 3. The van der Waals surface area contributed by atoms with Gasteiger partial charge in [-0.25, -0.2) is 14.0 Å². The second-order valence-electron chi connectivity index (χ2n) is 8.01. The normalized spacial score (nSPS) is 10.1. The predicted molar refractivity (Wildman–Crippen MR) is 150 cm³/mol. The number of alkyl halides is 4. The van der Waals surface area contributed by atoms with Crippen molar-refractivity contribution >= 4 is 29.8 Å². The quantitative estimate of drug-likeness (QED) is 0.167. The fourth-order valence-electron chi connectivity index (χ4n) is 1.78. The van der Waals surface area contributed by atoms with E-state index < -0.39 is 62.3 Å². The molecule has 14 nitrogen and oxygen atoms in total. The largest absolute Gasteiger partial charge is 0.656 e. The number of aliphatic carboxylic acids is 1. The van der Waals surface area contributed by atoms with Gasteiger partial charge in [0.15, 0.2) is 12.6 Å². The van der Waals surface area contributed by atoms with E-state index in [0.717, 1.165) is 5.69 Å². The summed E-state index contributed by atoms with van der Waals surface area (Å²) < 4.78 is 56.2. The van der Waals surface area contributed by atoms with E-state index in [0.29, 0.717) is 13.0 Å². The van der Waals surface area contributed by atoms with Gasteiger partial charge < -0.3 is 40.4 Å². The van der Waals surface area contributed by atoms with Gasteiger partial charge in [0.2, 0.25) is 6.79 Å². The first-order chi connectivity index (χ1) is 20.4. The Balaban J connectivity index is -0.000000178. The predicted octanol–water partition coefficient (Wildman–Crippen LogP) is 2.86. The van der Waals surface area contributed by atoms with Crippen LogP contribution >= 0.6 is 0 Å². The molecule has 1 aromatic rings. The summed E-state index contributed by atoms with van der Waals surface area (Å²) in [5.74, 6) is -4.22. The number of aliphatic hydroxyl groups excluding tert-OH is 1. The first-order valence-corrected chi connectivity index (χ1v) is 12.8. The van der Waals surface area contributed by atoms with Gasteiger partial charge in [-0.3, -0.25) is 19.4 Å². The molecule has 0 aliphatic heterocycles. The molecule has 19 heteroatoms. The maximum Gasteiger partial charge on any atom is 0.490 e. The molecule has 1 atom stereocenters. The van der Waals surface area contributed by atoms with Crippen molar-refractivity contribution in [2.24, 2.45) is 11.7 Å². The Morgan fingerprint density at radius 2 is 1.60 bits per heavy atom. The Morgan fingerprint density at radius 1 is 1.09 bits per heavy atom. The number of likely N-dealkylation sites (N-methyl/N-ethyl adjacent to an activating group) is 2. The number of pyridine rings is 1. The van der Waals surface area contributed by atoms with Crippen LogP contribution in [0, 0.1) is 5.92 Å². The van der Waals surface area contributed by atoms with Gasteiger partial charge in [0, 0.05) is 53.0 Å². The van der Waals surface area contributed by atoms with Crippen LogP contribution in [0.1, 0.15) is 40.3 Å². The number of nitrogens with two attached hydrogens (primary N) is 1. The van der Waals surface area contributed by atoms with Crippen molar-refractivity contribution in [2.75, 3.05) is 47.4 Å². The fourth-order valence-corrected chi connectivity index (χ4v) is 1.78. The number of rotatable bonds is 11. The minimum absolute atomic E-state index is 0. The Labute approximate surface area is 274 Å². The number of carboxylic acids is 1. The average molecular weight is 831 g/mol. The third kappa shape index (κ3) is 35.1. The zero-order valence-electron chi connectivity index (χ0n) is 26.2. The van der Waals surface area contributed by atoms with E-state index in [9.17, 15) is 36.7 Å². The number of ketones is 1. The van der Waals surface area contributed by atoms with Crippen molar-refractivity contribution in [3.63, 3.8) is 0 Å². The van der Waals surface area contributed by atoms with E-state index in [-0.39, 0.29) is 33.5 Å². The summed E-state index contributed by atoms with van der Waals surface area (Å²) in [6.07, 6.45) is -3.31. The van der Waals surface area contributed by atoms with Crippen LogP contribution in [0.4, 0.5) is 22.4 Å². The van der Waals surface area contributed by atoms with Crippen molar-refractivity contribution < 1.29 is 87.0 Å². The number of carboxylic acid groups (broad SMARTS) is 1. The monoisotopic (exact) mass is 831 g/mol. The SMILES string of the molecule is CC.CC(=O)CF.CC(C)C(N)C(=O)OCO.C[N-]CC(=O)OCOC(=O)N(C)CCc1ccccn1.O=C(O)C(F)(F)F.[W]. The van der Waals surface area contributed by atoms with Crippen LogP contribution in [0.25, 0.3) is 5.32 Å². The Kier molecular flexibility index (Phi) is 36.7. The molecule has 262 valence electrons. The number of nitrogens with zero attached hydrogens (tertiary/aromatic N) is 3. The number of hydrogen-bond acceptors (Lipinski definition) is 11. The van der Waals surface area contributed by atoms with E-state index >= 15 is 0 Å². The van der Waals surface area contributed by atoms with E-state index in [2.05, 4.69) is 19.8 Å². The molecule has 1 aromatic heterocycles. The summed E-state index contributed by atoms with van der Waals surface area (Å²) >= 11 is 0. The number of amides is 1. The van der Waals surface area contributed by atoms with Gasteiger partial charge in [-0.2, -0.15) is 20.2 Å². The average Bonchev–Trinajstić information content (AvgIpc) is 2.97. The first kappa shape index (κ1) is 51.4. The smallest absolute Gasteiger partial charge is 0.490 e. The number of ether oxygens (including phenoxy) is 3. The molecule has 1 amide bonds. The van der Waals surface area contributed by atoms with Crippen LogP contribution in [-0.4, -0.2) is 110 Å². The summed E-state index contributed by atoms with van der Waals surface area (Å²) in [5.41, 5.74) is 6.25. The molecule has 0 saturated carbocycles. The zero-order chi connectivity index (χ0) is 35.3. The van der Waals surface area contributed by atoms with Crippen LogP contribution in [0.2, 0.25) is 0 Å². The number of halogens is 4. The number of aromatic nitrogens is 1.